The second-order valence-corrected chi connectivity index (χ2v) is 4.98. The van der Waals surface area contributed by atoms with Crippen molar-refractivity contribution in [2.75, 3.05) is 0 Å². The maximum Gasteiger partial charge on any atom is 0.420 e. The van der Waals surface area contributed by atoms with E-state index in [1.165, 1.54) is 11.3 Å². The topological polar surface area (TPSA) is 63.1 Å². The van der Waals surface area contributed by atoms with E-state index in [2.05, 4.69) is 9.40 Å². The molecule has 0 saturated carbocycles. The Hall–Kier alpha value is -1.85. The van der Waals surface area contributed by atoms with Gasteiger partial charge in [0.25, 0.3) is 0 Å². The second kappa shape index (κ2) is 4.12. The average molecular weight is 280 g/mol. The van der Waals surface area contributed by atoms with E-state index in [4.69, 9.17) is 11.6 Å². The summed E-state index contributed by atoms with van der Waals surface area (Å²) in [7, 11) is 0. The van der Waals surface area contributed by atoms with E-state index in [1.54, 1.807) is 17.5 Å². The lowest BCUT2D eigenvalue weighted by atomic mass is 10.1. The zero-order valence-electron chi connectivity index (χ0n) is 8.90. The van der Waals surface area contributed by atoms with Crippen molar-refractivity contribution in [2.24, 2.45) is 0 Å². The van der Waals surface area contributed by atoms with Gasteiger partial charge in [0.2, 0.25) is 0 Å². The van der Waals surface area contributed by atoms with Crippen LogP contribution < -0.4 is 11.4 Å². The molecule has 3 rings (SSSR count). The molecule has 0 saturated heterocycles. The average Bonchev–Trinajstić information content (AvgIpc) is 2.74. The molecule has 0 unspecified atom stereocenters. The summed E-state index contributed by atoms with van der Waals surface area (Å²) in [5.41, 5.74) is 0.960. The summed E-state index contributed by atoms with van der Waals surface area (Å²) >= 11 is 7.11. The first kappa shape index (κ1) is 11.3. The molecule has 0 spiro atoms. The van der Waals surface area contributed by atoms with Crippen LogP contribution in [0.2, 0.25) is 5.02 Å². The molecule has 1 aromatic carbocycles. The first-order valence-electron chi connectivity index (χ1n) is 5.06. The Morgan fingerprint density at radius 1 is 1.17 bits per heavy atom. The van der Waals surface area contributed by atoms with Crippen LogP contribution in [-0.4, -0.2) is 4.98 Å². The molecule has 18 heavy (non-hydrogen) atoms. The number of rotatable bonds is 1. The Balaban J connectivity index is 2.34. The van der Waals surface area contributed by atoms with E-state index in [1.807, 2.05) is 12.1 Å². The maximum atomic E-state index is 11.7. The number of H-pyrrole nitrogens is 1. The van der Waals surface area contributed by atoms with Gasteiger partial charge in [-0.15, -0.1) is 11.3 Å². The highest BCUT2D eigenvalue weighted by molar-refractivity contribution is 7.17. The monoisotopic (exact) mass is 279 g/mol. The minimum Gasteiger partial charge on any atom is -0.372 e. The van der Waals surface area contributed by atoms with E-state index in [0.717, 1.165) is 11.1 Å². The maximum absolute atomic E-state index is 11.7. The normalized spacial score (nSPS) is 10.9. The summed E-state index contributed by atoms with van der Waals surface area (Å²) in [6.45, 7) is 0. The van der Waals surface area contributed by atoms with Gasteiger partial charge in [-0.25, -0.2) is 9.59 Å². The van der Waals surface area contributed by atoms with Crippen molar-refractivity contribution in [3.63, 3.8) is 0 Å². The second-order valence-electron chi connectivity index (χ2n) is 3.66. The standard InChI is InChI=1S/C12H6ClNO3S/c13-7-3-1-6(2-4-7)8-5-18-10-9(8)11(15)17-12(16)14-10/h1-5H,(H,14,16). The lowest BCUT2D eigenvalue weighted by molar-refractivity contribution is 0.461. The quantitative estimate of drug-likeness (QED) is 0.745. The third-order valence-corrected chi connectivity index (χ3v) is 3.70. The van der Waals surface area contributed by atoms with Crippen molar-refractivity contribution >= 4 is 33.2 Å². The zero-order valence-corrected chi connectivity index (χ0v) is 10.5. The first-order valence-corrected chi connectivity index (χ1v) is 6.31. The molecular formula is C12H6ClNO3S. The molecule has 0 aliphatic heterocycles. The minimum atomic E-state index is -0.739. The van der Waals surface area contributed by atoms with Crippen LogP contribution in [-0.2, 0) is 0 Å². The Morgan fingerprint density at radius 3 is 2.61 bits per heavy atom. The van der Waals surface area contributed by atoms with Crippen molar-refractivity contribution in [2.45, 2.75) is 0 Å². The number of benzene rings is 1. The van der Waals surface area contributed by atoms with Gasteiger partial charge < -0.3 is 4.42 Å². The van der Waals surface area contributed by atoms with Crippen LogP contribution in [0, 0.1) is 0 Å². The smallest absolute Gasteiger partial charge is 0.372 e. The fourth-order valence-electron chi connectivity index (χ4n) is 1.75. The van der Waals surface area contributed by atoms with Gasteiger partial charge in [-0.3, -0.25) is 4.98 Å². The molecule has 0 aliphatic rings. The number of thiophene rings is 1. The van der Waals surface area contributed by atoms with Gasteiger partial charge in [0.1, 0.15) is 10.2 Å². The Bertz CT molecular complexity index is 829. The SMILES string of the molecule is O=c1[nH]c2scc(-c3ccc(Cl)cc3)c2c(=O)o1. The van der Waals surface area contributed by atoms with Gasteiger partial charge in [0.15, 0.2) is 0 Å². The fourth-order valence-corrected chi connectivity index (χ4v) is 2.82. The Morgan fingerprint density at radius 2 is 1.89 bits per heavy atom. The van der Waals surface area contributed by atoms with Gasteiger partial charge in [-0.1, -0.05) is 23.7 Å². The number of nitrogens with one attached hydrogen (secondary N) is 1. The predicted octanol–water partition coefficient (Wildman–Crippen LogP) is 2.86. The van der Waals surface area contributed by atoms with Crippen molar-refractivity contribution in [3.8, 4) is 11.1 Å². The lowest BCUT2D eigenvalue weighted by Crippen LogP contribution is -2.13. The summed E-state index contributed by atoms with van der Waals surface area (Å²) in [6, 6.07) is 7.12. The van der Waals surface area contributed by atoms with Crippen LogP contribution >= 0.6 is 22.9 Å². The molecule has 0 bridgehead atoms. The number of hydrogen-bond acceptors (Lipinski definition) is 4. The van der Waals surface area contributed by atoms with Gasteiger partial charge in [0.05, 0.1) is 0 Å². The van der Waals surface area contributed by atoms with Gasteiger partial charge in [0, 0.05) is 16.0 Å². The van der Waals surface area contributed by atoms with Crippen LogP contribution in [0.25, 0.3) is 21.3 Å². The van der Waals surface area contributed by atoms with E-state index in [-0.39, 0.29) is 0 Å². The van der Waals surface area contributed by atoms with Gasteiger partial charge in [-0.2, -0.15) is 0 Å². The third-order valence-electron chi connectivity index (χ3n) is 2.55. The number of aromatic amines is 1. The summed E-state index contributed by atoms with van der Waals surface area (Å²) < 4.78 is 4.55. The number of halogens is 1. The number of aromatic nitrogens is 1. The summed E-state index contributed by atoms with van der Waals surface area (Å²) in [5, 5.41) is 2.82. The highest BCUT2D eigenvalue weighted by atomic mass is 35.5. The van der Waals surface area contributed by atoms with E-state index in [0.29, 0.717) is 15.2 Å². The molecule has 0 atom stereocenters. The molecule has 2 heterocycles. The van der Waals surface area contributed by atoms with E-state index in [9.17, 15) is 9.59 Å². The third kappa shape index (κ3) is 1.77. The molecule has 6 heteroatoms. The van der Waals surface area contributed by atoms with Crippen molar-refractivity contribution in [1.29, 1.82) is 0 Å². The van der Waals surface area contributed by atoms with Crippen LogP contribution in [0.5, 0.6) is 0 Å². The molecule has 2 aromatic heterocycles. The van der Waals surface area contributed by atoms with Crippen LogP contribution in [0.3, 0.4) is 0 Å². The predicted molar refractivity (Wildman–Crippen MR) is 71.4 cm³/mol. The van der Waals surface area contributed by atoms with Crippen molar-refractivity contribution < 1.29 is 4.42 Å². The fraction of sp³-hybridized carbons (Fsp3) is 0. The molecule has 0 fully saturated rings. The van der Waals surface area contributed by atoms with Gasteiger partial charge in [-0.05, 0) is 17.7 Å². The Labute approximate surface area is 109 Å². The van der Waals surface area contributed by atoms with Gasteiger partial charge >= 0.3 is 11.4 Å². The molecule has 0 radical (unpaired) electrons. The molecule has 1 N–H and O–H groups in total. The molecule has 0 amide bonds. The molecule has 4 nitrogen and oxygen atoms in total. The number of hydrogen-bond donors (Lipinski definition) is 1. The van der Waals surface area contributed by atoms with E-state index < -0.39 is 11.4 Å². The lowest BCUT2D eigenvalue weighted by Gasteiger charge is -1.98. The molecule has 90 valence electrons. The summed E-state index contributed by atoms with van der Waals surface area (Å²) in [6.07, 6.45) is 0. The minimum absolute atomic E-state index is 0.391. The van der Waals surface area contributed by atoms with Crippen molar-refractivity contribution in [1.82, 2.24) is 4.98 Å². The number of fused-ring (bicyclic) bond motifs is 1. The largest absolute Gasteiger partial charge is 0.420 e. The zero-order chi connectivity index (χ0) is 12.7. The highest BCUT2D eigenvalue weighted by Gasteiger charge is 2.12. The molecular weight excluding hydrogens is 274 g/mol. The summed E-state index contributed by atoms with van der Waals surface area (Å²) in [5.74, 6) is -0.739. The van der Waals surface area contributed by atoms with Crippen molar-refractivity contribution in [3.05, 3.63) is 55.6 Å². The van der Waals surface area contributed by atoms with Crippen LogP contribution in [0.1, 0.15) is 0 Å². The van der Waals surface area contributed by atoms with Crippen LogP contribution in [0.4, 0.5) is 0 Å². The highest BCUT2D eigenvalue weighted by Crippen LogP contribution is 2.30. The Kier molecular flexibility index (Phi) is 2.57. The molecule has 3 aromatic rings. The summed E-state index contributed by atoms with van der Waals surface area (Å²) in [4.78, 5) is 25.8. The van der Waals surface area contributed by atoms with E-state index >= 15 is 0 Å². The first-order chi connectivity index (χ1) is 8.65. The van der Waals surface area contributed by atoms with Crippen LogP contribution in [0.15, 0.2) is 43.7 Å². The molecule has 0 aliphatic carbocycles.